The molecule has 6 atom stereocenters. The third kappa shape index (κ3) is 4.58. The van der Waals surface area contributed by atoms with E-state index in [1.54, 1.807) is 60.7 Å². The number of nitrogens with one attached hydrogen (secondary N) is 2. The maximum absolute atomic E-state index is 15.2. The van der Waals surface area contributed by atoms with Gasteiger partial charge >= 0.3 is 0 Å². The van der Waals surface area contributed by atoms with Crippen molar-refractivity contribution in [3.05, 3.63) is 112 Å². The van der Waals surface area contributed by atoms with Gasteiger partial charge in [0.25, 0.3) is 11.8 Å². The number of anilines is 1. The number of rotatable bonds is 7. The molecule has 3 aromatic rings. The number of nitrogens with zero attached hydrogens (tertiary/aromatic N) is 1. The summed E-state index contributed by atoms with van der Waals surface area (Å²) in [6.07, 6.45) is 4.38. The number of allylic oxidation sites excluding steroid dienone is 3. The van der Waals surface area contributed by atoms with Crippen LogP contribution in [0.1, 0.15) is 35.4 Å². The van der Waals surface area contributed by atoms with E-state index in [0.717, 1.165) is 10.6 Å². The lowest BCUT2D eigenvalue weighted by molar-refractivity contribution is -0.138. The molecule has 3 fully saturated rings. The molecule has 3 aromatic carbocycles. The molecule has 0 unspecified atom stereocenters. The number of carbonyl (C=O) groups excluding carboxylic acids is 4. The van der Waals surface area contributed by atoms with Gasteiger partial charge in [0.1, 0.15) is 11.5 Å². The Morgan fingerprint density at radius 2 is 1.83 bits per heavy atom. The summed E-state index contributed by atoms with van der Waals surface area (Å²) in [4.78, 5) is 56.0. The molecule has 1 saturated carbocycles. The minimum absolute atomic E-state index is 0.0212. The third-order valence-electron chi connectivity index (χ3n) is 10.2. The smallest absolute Gasteiger partial charge is 0.260 e. The molecule has 0 bridgehead atoms. The van der Waals surface area contributed by atoms with Gasteiger partial charge in [0.05, 0.1) is 41.0 Å². The van der Waals surface area contributed by atoms with Gasteiger partial charge in [0, 0.05) is 16.5 Å². The summed E-state index contributed by atoms with van der Waals surface area (Å²) in [5, 5.41) is 15.9. The van der Waals surface area contributed by atoms with Crippen molar-refractivity contribution in [2.24, 2.45) is 23.7 Å². The van der Waals surface area contributed by atoms with Gasteiger partial charge in [-0.05, 0) is 66.6 Å². The summed E-state index contributed by atoms with van der Waals surface area (Å²) in [6.45, 7) is 3.83. The van der Waals surface area contributed by atoms with E-state index in [2.05, 4.69) is 17.3 Å². The lowest BCUT2D eigenvalue weighted by Gasteiger charge is -2.50. The molecule has 2 aliphatic carbocycles. The van der Waals surface area contributed by atoms with Gasteiger partial charge in [0.15, 0.2) is 0 Å². The number of hydrogen-bond donors (Lipinski definition) is 3. The number of aromatic hydroxyl groups is 1. The molecule has 4 amide bonds. The highest BCUT2D eigenvalue weighted by atomic mass is 35.5. The molecule has 240 valence electrons. The zero-order chi connectivity index (χ0) is 33.2. The first-order valence-electron chi connectivity index (χ1n) is 15.3. The summed E-state index contributed by atoms with van der Waals surface area (Å²) in [6, 6.07) is 17.0. The first kappa shape index (κ1) is 31.0. The highest BCUT2D eigenvalue weighted by molar-refractivity contribution is 6.36. The molecular formula is C36H31Cl2N3O6. The maximum atomic E-state index is 15.2. The highest BCUT2D eigenvalue weighted by Crippen LogP contribution is 2.64. The predicted molar refractivity (Wildman–Crippen MR) is 176 cm³/mol. The summed E-state index contributed by atoms with van der Waals surface area (Å²) in [5.41, 5.74) is 4.02. The average Bonchev–Trinajstić information content (AvgIpc) is 3.47. The Morgan fingerprint density at radius 1 is 1.06 bits per heavy atom. The number of hydrogen-bond acceptors (Lipinski definition) is 7. The van der Waals surface area contributed by atoms with Crippen LogP contribution in [0, 0.1) is 23.7 Å². The van der Waals surface area contributed by atoms with Gasteiger partial charge in [-0.2, -0.15) is 5.01 Å². The fourth-order valence-electron chi connectivity index (χ4n) is 8.26. The minimum Gasteiger partial charge on any atom is -0.507 e. The van der Waals surface area contributed by atoms with E-state index < -0.39 is 52.7 Å². The standard InChI is InChI=1S/C36H31Cl2N3O6/c1-3-5-18-6-4-7-24(31(18)42)30-22-13-14-23-29(33(44)39-32(23)43)25(22)17-26-34(45)41(40-28-15-10-20(37)16-27(28)38)35(46)36(26,30)19-8-11-21(47-2)12-9-19/h3-4,6-13,15-16,23,25-26,29-30,40,42H,1,5,14,17H2,2H3,(H,39,43,44)/t23-,25+,26-,29-,30+,36+/m0/s1. The van der Waals surface area contributed by atoms with Crippen LogP contribution in [0.4, 0.5) is 5.69 Å². The number of imide groups is 2. The van der Waals surface area contributed by atoms with Crippen molar-refractivity contribution in [2.45, 2.75) is 30.6 Å². The van der Waals surface area contributed by atoms with Crippen molar-refractivity contribution in [3.63, 3.8) is 0 Å². The molecule has 3 N–H and O–H groups in total. The monoisotopic (exact) mass is 671 g/mol. The Labute approximate surface area is 281 Å². The quantitative estimate of drug-likeness (QED) is 0.217. The molecule has 4 aliphatic rings. The van der Waals surface area contributed by atoms with Gasteiger partial charge in [-0.25, -0.2) is 0 Å². The van der Waals surface area contributed by atoms with E-state index in [9.17, 15) is 19.5 Å². The SMILES string of the molecule is C=CCc1cccc([C@H]2C3=CC[C@@H]4C(=O)NC(=O)[C@@H]4[C@@H]3C[C@H]3C(=O)N(Nc4ccc(Cl)cc4Cl)C(=O)[C@@]23c2ccc(OC)cc2)c1O. The molecule has 0 aromatic heterocycles. The van der Waals surface area contributed by atoms with E-state index in [1.165, 1.54) is 13.2 Å². The van der Waals surface area contributed by atoms with Crippen molar-refractivity contribution in [2.75, 3.05) is 12.5 Å². The zero-order valence-electron chi connectivity index (χ0n) is 25.3. The third-order valence-corrected chi connectivity index (χ3v) is 10.8. The molecule has 2 aliphatic heterocycles. The number of para-hydroxylation sites is 1. The van der Waals surface area contributed by atoms with Gasteiger partial charge < -0.3 is 9.84 Å². The number of halogens is 2. The number of benzene rings is 3. The van der Waals surface area contributed by atoms with Crippen LogP contribution in [0.5, 0.6) is 11.5 Å². The summed E-state index contributed by atoms with van der Waals surface area (Å²) < 4.78 is 5.43. The molecule has 11 heteroatoms. The van der Waals surface area contributed by atoms with Crippen LogP contribution >= 0.6 is 23.2 Å². The Balaban J connectivity index is 1.50. The number of phenols is 1. The second kappa shape index (κ2) is 11.6. The summed E-state index contributed by atoms with van der Waals surface area (Å²) in [5.74, 6) is -4.97. The second-order valence-corrected chi connectivity index (χ2v) is 13.3. The van der Waals surface area contributed by atoms with E-state index in [1.807, 2.05) is 6.08 Å². The van der Waals surface area contributed by atoms with Crippen LogP contribution in [0.2, 0.25) is 10.0 Å². The van der Waals surface area contributed by atoms with Crippen molar-refractivity contribution < 1.29 is 29.0 Å². The minimum atomic E-state index is -1.56. The second-order valence-electron chi connectivity index (χ2n) is 12.4. The molecule has 2 heterocycles. The Hall–Kier alpha value is -4.60. The van der Waals surface area contributed by atoms with Gasteiger partial charge in [-0.15, -0.1) is 6.58 Å². The number of fused-ring (bicyclic) bond motifs is 4. The number of ether oxygens (including phenoxy) is 1. The van der Waals surface area contributed by atoms with Crippen LogP contribution in [-0.4, -0.2) is 40.9 Å². The van der Waals surface area contributed by atoms with E-state index in [0.29, 0.717) is 39.6 Å². The summed E-state index contributed by atoms with van der Waals surface area (Å²) >= 11 is 12.6. The average molecular weight is 673 g/mol. The zero-order valence-corrected chi connectivity index (χ0v) is 26.8. The first-order chi connectivity index (χ1) is 22.6. The Bertz CT molecular complexity index is 1890. The number of amides is 4. The highest BCUT2D eigenvalue weighted by Gasteiger charge is 2.70. The van der Waals surface area contributed by atoms with Crippen LogP contribution < -0.4 is 15.5 Å². The first-order valence-corrected chi connectivity index (χ1v) is 16.1. The van der Waals surface area contributed by atoms with Crippen LogP contribution in [0.15, 0.2) is 85.0 Å². The van der Waals surface area contributed by atoms with E-state index in [4.69, 9.17) is 27.9 Å². The van der Waals surface area contributed by atoms with Gasteiger partial charge in [-0.3, -0.25) is 29.9 Å². The Morgan fingerprint density at radius 3 is 2.53 bits per heavy atom. The van der Waals surface area contributed by atoms with E-state index in [-0.39, 0.29) is 29.5 Å². The predicted octanol–water partition coefficient (Wildman–Crippen LogP) is 5.71. The lowest BCUT2D eigenvalue weighted by Crippen LogP contribution is -2.53. The largest absolute Gasteiger partial charge is 0.507 e. The number of hydrazine groups is 1. The molecular weight excluding hydrogens is 641 g/mol. The van der Waals surface area contributed by atoms with Gasteiger partial charge in [-0.1, -0.05) is 71.3 Å². The molecule has 0 radical (unpaired) electrons. The molecule has 2 saturated heterocycles. The van der Waals surface area contributed by atoms with Crippen molar-refractivity contribution in [1.82, 2.24) is 10.3 Å². The lowest BCUT2D eigenvalue weighted by atomic mass is 9.49. The van der Waals surface area contributed by atoms with Crippen LogP contribution in [0.3, 0.4) is 0 Å². The molecule has 47 heavy (non-hydrogen) atoms. The van der Waals surface area contributed by atoms with Crippen LogP contribution in [0.25, 0.3) is 0 Å². The van der Waals surface area contributed by atoms with E-state index >= 15 is 4.79 Å². The number of phenolic OH excluding ortho intramolecular Hbond substituents is 1. The van der Waals surface area contributed by atoms with Crippen molar-refractivity contribution in [3.8, 4) is 11.5 Å². The maximum Gasteiger partial charge on any atom is 0.260 e. The number of methoxy groups -OCH3 is 1. The molecule has 7 rings (SSSR count). The van der Waals surface area contributed by atoms with Gasteiger partial charge in [0.2, 0.25) is 11.8 Å². The topological polar surface area (TPSA) is 125 Å². The van der Waals surface area contributed by atoms with Crippen molar-refractivity contribution >= 4 is 52.5 Å². The summed E-state index contributed by atoms with van der Waals surface area (Å²) in [7, 11) is 1.54. The molecule has 9 nitrogen and oxygen atoms in total. The van der Waals surface area contributed by atoms with Crippen LogP contribution in [-0.2, 0) is 31.0 Å². The normalized spacial score (nSPS) is 27.9. The molecule has 0 spiro atoms. The van der Waals surface area contributed by atoms with Crippen molar-refractivity contribution in [1.29, 1.82) is 0 Å². The fraction of sp³-hybridized carbons (Fsp3) is 0.278. The number of carbonyl (C=O) groups is 4. The Kier molecular flexibility index (Phi) is 7.64. The fourth-order valence-corrected chi connectivity index (χ4v) is 8.71.